The Bertz CT molecular complexity index is 506. The standard InChI is InChI=1S/C11H10BrNOS/c1-3-14-7(2)10-11-8(4-5-15-11)6-9(12)13-10/h4-6H,2-3H2,1H3. The van der Waals surface area contributed by atoms with Gasteiger partial charge in [0.1, 0.15) is 16.1 Å². The molecule has 0 atom stereocenters. The second kappa shape index (κ2) is 4.33. The molecule has 0 aliphatic rings. The Balaban J connectivity index is 2.57. The summed E-state index contributed by atoms with van der Waals surface area (Å²) < 4.78 is 7.32. The van der Waals surface area contributed by atoms with Gasteiger partial charge in [-0.3, -0.25) is 0 Å². The third kappa shape index (κ3) is 2.06. The van der Waals surface area contributed by atoms with Crippen molar-refractivity contribution in [2.45, 2.75) is 6.92 Å². The molecule has 15 heavy (non-hydrogen) atoms. The average molecular weight is 284 g/mol. The minimum absolute atomic E-state index is 0.611. The van der Waals surface area contributed by atoms with Crippen molar-refractivity contribution in [2.24, 2.45) is 0 Å². The molecule has 0 radical (unpaired) electrons. The molecule has 0 unspecified atom stereocenters. The number of halogens is 1. The summed E-state index contributed by atoms with van der Waals surface area (Å²) in [6.07, 6.45) is 0. The van der Waals surface area contributed by atoms with Gasteiger partial charge < -0.3 is 4.74 Å². The number of nitrogens with zero attached hydrogens (tertiary/aromatic N) is 1. The fourth-order valence-electron chi connectivity index (χ4n) is 1.38. The zero-order chi connectivity index (χ0) is 10.8. The van der Waals surface area contributed by atoms with Gasteiger partial charge >= 0.3 is 0 Å². The molecule has 0 aromatic carbocycles. The van der Waals surface area contributed by atoms with Gasteiger partial charge in [0, 0.05) is 0 Å². The summed E-state index contributed by atoms with van der Waals surface area (Å²) in [5.41, 5.74) is 0.830. The highest BCUT2D eigenvalue weighted by Crippen LogP contribution is 2.30. The lowest BCUT2D eigenvalue weighted by Crippen LogP contribution is -1.94. The van der Waals surface area contributed by atoms with Crippen molar-refractivity contribution in [3.8, 4) is 0 Å². The molecular weight excluding hydrogens is 274 g/mol. The molecule has 0 aliphatic heterocycles. The van der Waals surface area contributed by atoms with Gasteiger partial charge in [-0.1, -0.05) is 6.58 Å². The molecule has 2 heterocycles. The van der Waals surface area contributed by atoms with Crippen LogP contribution in [0.4, 0.5) is 0 Å². The molecule has 0 bridgehead atoms. The van der Waals surface area contributed by atoms with Crippen LogP contribution in [-0.4, -0.2) is 11.6 Å². The normalized spacial score (nSPS) is 10.5. The molecule has 2 rings (SSSR count). The van der Waals surface area contributed by atoms with Crippen molar-refractivity contribution >= 4 is 43.1 Å². The first-order chi connectivity index (χ1) is 7.22. The Morgan fingerprint density at radius 2 is 2.47 bits per heavy atom. The molecule has 0 spiro atoms. The molecule has 0 aliphatic carbocycles. The highest BCUT2D eigenvalue weighted by Gasteiger charge is 2.10. The molecule has 2 nitrogen and oxygen atoms in total. The second-order valence-electron chi connectivity index (χ2n) is 2.99. The Kier molecular flexibility index (Phi) is 3.07. The van der Waals surface area contributed by atoms with Crippen molar-refractivity contribution in [3.05, 3.63) is 34.4 Å². The minimum Gasteiger partial charge on any atom is -0.492 e. The molecule has 4 heteroatoms. The summed E-state index contributed by atoms with van der Waals surface area (Å²) in [7, 11) is 0. The molecule has 0 saturated carbocycles. The monoisotopic (exact) mass is 283 g/mol. The van der Waals surface area contributed by atoms with E-state index in [2.05, 4.69) is 33.6 Å². The van der Waals surface area contributed by atoms with Crippen LogP contribution in [0.3, 0.4) is 0 Å². The highest BCUT2D eigenvalue weighted by atomic mass is 79.9. The number of rotatable bonds is 3. The quantitative estimate of drug-likeness (QED) is 0.626. The van der Waals surface area contributed by atoms with Gasteiger partial charge in [-0.05, 0) is 45.8 Å². The number of hydrogen-bond acceptors (Lipinski definition) is 3. The van der Waals surface area contributed by atoms with Gasteiger partial charge in [-0.2, -0.15) is 0 Å². The Morgan fingerprint density at radius 1 is 1.67 bits per heavy atom. The summed E-state index contributed by atoms with van der Waals surface area (Å²) in [5.74, 6) is 0.631. The van der Waals surface area contributed by atoms with E-state index in [1.54, 1.807) is 11.3 Å². The first kappa shape index (κ1) is 10.6. The van der Waals surface area contributed by atoms with E-state index in [-0.39, 0.29) is 0 Å². The summed E-state index contributed by atoms with van der Waals surface area (Å²) >= 11 is 5.04. The molecule has 0 N–H and O–H groups in total. The number of aromatic nitrogens is 1. The highest BCUT2D eigenvalue weighted by molar-refractivity contribution is 9.10. The van der Waals surface area contributed by atoms with E-state index in [0.29, 0.717) is 12.4 Å². The van der Waals surface area contributed by atoms with E-state index in [1.165, 1.54) is 0 Å². The SMILES string of the molecule is C=C(OCC)c1nc(Br)cc2ccsc12. The zero-order valence-corrected chi connectivity index (χ0v) is 10.7. The Hall–Kier alpha value is -0.870. The number of thiophene rings is 1. The van der Waals surface area contributed by atoms with E-state index in [0.717, 1.165) is 20.4 Å². The Labute approximate surface area is 101 Å². The average Bonchev–Trinajstić information content (AvgIpc) is 2.64. The van der Waals surface area contributed by atoms with E-state index in [1.807, 2.05) is 18.4 Å². The fraction of sp³-hybridized carbons (Fsp3) is 0.182. The van der Waals surface area contributed by atoms with E-state index in [4.69, 9.17) is 4.74 Å². The van der Waals surface area contributed by atoms with Gasteiger partial charge in [0.05, 0.1) is 11.3 Å². The maximum Gasteiger partial charge on any atom is 0.139 e. The minimum atomic E-state index is 0.611. The summed E-state index contributed by atoms with van der Waals surface area (Å²) in [5, 5.41) is 3.21. The van der Waals surface area contributed by atoms with Crippen LogP contribution in [0.1, 0.15) is 12.6 Å². The molecular formula is C11H10BrNOS. The van der Waals surface area contributed by atoms with Crippen LogP contribution in [0.25, 0.3) is 15.8 Å². The molecule has 0 saturated heterocycles. The smallest absolute Gasteiger partial charge is 0.139 e. The molecule has 0 amide bonds. The lowest BCUT2D eigenvalue weighted by Gasteiger charge is -2.07. The van der Waals surface area contributed by atoms with Crippen LogP contribution in [-0.2, 0) is 4.74 Å². The van der Waals surface area contributed by atoms with Gasteiger partial charge in [-0.15, -0.1) is 11.3 Å². The first-order valence-electron chi connectivity index (χ1n) is 4.58. The molecule has 2 aromatic heterocycles. The maximum absolute atomic E-state index is 5.39. The number of ether oxygens (including phenoxy) is 1. The Morgan fingerprint density at radius 3 is 3.20 bits per heavy atom. The fourth-order valence-corrected chi connectivity index (χ4v) is 2.68. The predicted octanol–water partition coefficient (Wildman–Crippen LogP) is 4.07. The summed E-state index contributed by atoms with van der Waals surface area (Å²) in [4.78, 5) is 4.39. The van der Waals surface area contributed by atoms with E-state index < -0.39 is 0 Å². The third-order valence-corrected chi connectivity index (χ3v) is 3.33. The van der Waals surface area contributed by atoms with Crippen LogP contribution in [0, 0.1) is 0 Å². The molecule has 2 aromatic rings. The maximum atomic E-state index is 5.39. The zero-order valence-electron chi connectivity index (χ0n) is 8.29. The van der Waals surface area contributed by atoms with Crippen LogP contribution < -0.4 is 0 Å². The van der Waals surface area contributed by atoms with Gasteiger partial charge in [-0.25, -0.2) is 4.98 Å². The van der Waals surface area contributed by atoms with E-state index in [9.17, 15) is 0 Å². The third-order valence-electron chi connectivity index (χ3n) is 1.99. The van der Waals surface area contributed by atoms with Crippen LogP contribution in [0.2, 0.25) is 0 Å². The van der Waals surface area contributed by atoms with Gasteiger partial charge in [0.25, 0.3) is 0 Å². The van der Waals surface area contributed by atoms with Crippen molar-refractivity contribution in [2.75, 3.05) is 6.61 Å². The van der Waals surface area contributed by atoms with Gasteiger partial charge in [0.2, 0.25) is 0 Å². The van der Waals surface area contributed by atoms with Crippen molar-refractivity contribution in [3.63, 3.8) is 0 Å². The first-order valence-corrected chi connectivity index (χ1v) is 6.25. The lowest BCUT2D eigenvalue weighted by atomic mass is 10.2. The number of hydrogen-bond donors (Lipinski definition) is 0. The summed E-state index contributed by atoms with van der Waals surface area (Å²) in [6, 6.07) is 4.06. The van der Waals surface area contributed by atoms with Gasteiger partial charge in [0.15, 0.2) is 0 Å². The largest absolute Gasteiger partial charge is 0.492 e. The van der Waals surface area contributed by atoms with Crippen molar-refractivity contribution < 1.29 is 4.74 Å². The lowest BCUT2D eigenvalue weighted by molar-refractivity contribution is 0.298. The topological polar surface area (TPSA) is 22.1 Å². The molecule has 0 fully saturated rings. The van der Waals surface area contributed by atoms with Crippen LogP contribution in [0.15, 0.2) is 28.7 Å². The molecule has 78 valence electrons. The van der Waals surface area contributed by atoms with Crippen LogP contribution in [0.5, 0.6) is 0 Å². The summed E-state index contributed by atoms with van der Waals surface area (Å²) in [6.45, 7) is 6.44. The predicted molar refractivity (Wildman–Crippen MR) is 68.0 cm³/mol. The van der Waals surface area contributed by atoms with Crippen LogP contribution >= 0.6 is 27.3 Å². The van der Waals surface area contributed by atoms with Crippen molar-refractivity contribution in [1.29, 1.82) is 0 Å². The van der Waals surface area contributed by atoms with E-state index >= 15 is 0 Å². The van der Waals surface area contributed by atoms with Crippen molar-refractivity contribution in [1.82, 2.24) is 4.98 Å². The second-order valence-corrected chi connectivity index (χ2v) is 4.72. The number of fused-ring (bicyclic) bond motifs is 1. The number of pyridine rings is 1.